The molecule has 3 nitrogen and oxygen atoms in total. The summed E-state index contributed by atoms with van der Waals surface area (Å²) in [6, 6.07) is 6.65. The number of hydrogen-bond acceptors (Lipinski definition) is 3. The van der Waals surface area contributed by atoms with E-state index in [0.717, 1.165) is 17.0 Å². The molecule has 18 heavy (non-hydrogen) atoms. The van der Waals surface area contributed by atoms with Crippen molar-refractivity contribution >= 4 is 0 Å². The summed E-state index contributed by atoms with van der Waals surface area (Å²) in [6.45, 7) is 2.30. The van der Waals surface area contributed by atoms with Gasteiger partial charge in [0.05, 0.1) is 6.54 Å². The minimum absolute atomic E-state index is 0.353. The van der Waals surface area contributed by atoms with Crippen molar-refractivity contribution in [3.8, 4) is 11.3 Å². The summed E-state index contributed by atoms with van der Waals surface area (Å²) in [7, 11) is 0. The number of aromatic nitrogens is 1. The van der Waals surface area contributed by atoms with Gasteiger partial charge in [-0.25, -0.2) is 4.98 Å². The molecule has 3 rings (SSSR count). The molecular weight excluding hydrogens is 224 g/mol. The first-order valence-corrected chi connectivity index (χ1v) is 6.56. The Morgan fingerprint density at radius 2 is 2.00 bits per heavy atom. The van der Waals surface area contributed by atoms with E-state index in [-0.39, 0.29) is 0 Å². The lowest BCUT2D eigenvalue weighted by molar-refractivity contribution is 0.474. The maximum Gasteiger partial charge on any atom is 0.208 e. The highest BCUT2D eigenvalue weighted by Gasteiger charge is 2.14. The van der Waals surface area contributed by atoms with E-state index in [0.29, 0.717) is 12.4 Å². The number of oxazole rings is 1. The van der Waals surface area contributed by atoms with Crippen LogP contribution in [0.15, 0.2) is 22.6 Å². The van der Waals surface area contributed by atoms with Crippen LogP contribution in [-0.2, 0) is 19.4 Å². The van der Waals surface area contributed by atoms with Crippen molar-refractivity contribution in [2.75, 3.05) is 0 Å². The first-order chi connectivity index (χ1) is 8.78. The van der Waals surface area contributed by atoms with Crippen LogP contribution in [0.4, 0.5) is 0 Å². The van der Waals surface area contributed by atoms with E-state index in [2.05, 4.69) is 23.2 Å². The second-order valence-corrected chi connectivity index (χ2v) is 4.91. The Kier molecular flexibility index (Phi) is 2.92. The Labute approximate surface area is 107 Å². The number of rotatable bonds is 2. The Hall–Kier alpha value is -1.61. The van der Waals surface area contributed by atoms with E-state index < -0.39 is 0 Å². The standard InChI is InChI=1S/C15H18N2O/c1-10-15(17-14(9-16)18-10)13-7-6-11-4-2-3-5-12(11)8-13/h6-8H,2-5,9,16H2,1H3. The summed E-state index contributed by atoms with van der Waals surface area (Å²) >= 11 is 0. The zero-order valence-electron chi connectivity index (χ0n) is 10.7. The first-order valence-electron chi connectivity index (χ1n) is 6.56. The van der Waals surface area contributed by atoms with E-state index in [1.807, 2.05) is 6.92 Å². The molecule has 2 N–H and O–H groups in total. The Bertz CT molecular complexity index is 572. The smallest absolute Gasteiger partial charge is 0.208 e. The minimum atomic E-state index is 0.353. The summed E-state index contributed by atoms with van der Waals surface area (Å²) in [5, 5.41) is 0. The van der Waals surface area contributed by atoms with Crippen LogP contribution >= 0.6 is 0 Å². The fourth-order valence-electron chi connectivity index (χ4n) is 2.69. The van der Waals surface area contributed by atoms with E-state index in [1.54, 1.807) is 0 Å². The Morgan fingerprint density at radius 1 is 1.22 bits per heavy atom. The highest BCUT2D eigenvalue weighted by atomic mass is 16.4. The molecule has 0 amide bonds. The fourth-order valence-corrected chi connectivity index (χ4v) is 2.69. The highest BCUT2D eigenvalue weighted by molar-refractivity contribution is 5.63. The third kappa shape index (κ3) is 1.95. The van der Waals surface area contributed by atoms with Crippen molar-refractivity contribution in [3.05, 3.63) is 41.0 Å². The molecule has 94 valence electrons. The number of fused-ring (bicyclic) bond motifs is 1. The quantitative estimate of drug-likeness (QED) is 0.880. The summed E-state index contributed by atoms with van der Waals surface area (Å²) < 4.78 is 5.53. The van der Waals surface area contributed by atoms with Gasteiger partial charge in [-0.3, -0.25) is 0 Å². The van der Waals surface area contributed by atoms with Crippen LogP contribution in [0.1, 0.15) is 35.6 Å². The molecule has 0 radical (unpaired) electrons. The minimum Gasteiger partial charge on any atom is -0.444 e. The van der Waals surface area contributed by atoms with Crippen molar-refractivity contribution in [3.63, 3.8) is 0 Å². The van der Waals surface area contributed by atoms with Crippen molar-refractivity contribution in [2.45, 2.75) is 39.2 Å². The Morgan fingerprint density at radius 3 is 2.72 bits per heavy atom. The largest absolute Gasteiger partial charge is 0.444 e. The molecule has 2 aromatic rings. The van der Waals surface area contributed by atoms with Gasteiger partial charge in [0.2, 0.25) is 5.89 Å². The molecule has 0 saturated heterocycles. The molecule has 0 fully saturated rings. The topological polar surface area (TPSA) is 52.0 Å². The molecule has 0 atom stereocenters. The van der Waals surface area contributed by atoms with Crippen LogP contribution in [0.25, 0.3) is 11.3 Å². The van der Waals surface area contributed by atoms with Crippen molar-refractivity contribution in [1.82, 2.24) is 4.98 Å². The fraction of sp³-hybridized carbons (Fsp3) is 0.400. The summed E-state index contributed by atoms with van der Waals surface area (Å²) in [4.78, 5) is 4.46. The lowest BCUT2D eigenvalue weighted by Crippen LogP contribution is -2.02. The number of benzene rings is 1. The van der Waals surface area contributed by atoms with Gasteiger partial charge in [0.1, 0.15) is 11.5 Å². The Balaban J connectivity index is 2.03. The third-order valence-electron chi connectivity index (χ3n) is 3.64. The first kappa shape index (κ1) is 11.5. The van der Waals surface area contributed by atoms with Crippen LogP contribution < -0.4 is 5.73 Å². The van der Waals surface area contributed by atoms with E-state index in [9.17, 15) is 0 Å². The molecule has 1 aromatic carbocycles. The van der Waals surface area contributed by atoms with Gasteiger partial charge in [0, 0.05) is 5.56 Å². The molecule has 0 spiro atoms. The monoisotopic (exact) mass is 242 g/mol. The molecule has 0 unspecified atom stereocenters. The molecule has 1 aliphatic carbocycles. The van der Waals surface area contributed by atoms with Crippen LogP contribution in [-0.4, -0.2) is 4.98 Å². The normalized spacial score (nSPS) is 14.6. The number of aryl methyl sites for hydroxylation is 3. The van der Waals surface area contributed by atoms with Gasteiger partial charge in [-0.15, -0.1) is 0 Å². The SMILES string of the molecule is Cc1oc(CN)nc1-c1ccc2c(c1)CCCC2. The van der Waals surface area contributed by atoms with Crippen LogP contribution in [0.3, 0.4) is 0 Å². The van der Waals surface area contributed by atoms with Crippen LogP contribution in [0.5, 0.6) is 0 Å². The third-order valence-corrected chi connectivity index (χ3v) is 3.64. The molecule has 0 saturated carbocycles. The average molecular weight is 242 g/mol. The maximum absolute atomic E-state index is 5.56. The maximum atomic E-state index is 5.56. The molecule has 0 aliphatic heterocycles. The number of hydrogen-bond donors (Lipinski definition) is 1. The predicted molar refractivity (Wildman–Crippen MR) is 71.2 cm³/mol. The van der Waals surface area contributed by atoms with Gasteiger partial charge in [0.15, 0.2) is 0 Å². The second-order valence-electron chi connectivity index (χ2n) is 4.91. The van der Waals surface area contributed by atoms with E-state index >= 15 is 0 Å². The summed E-state index contributed by atoms with van der Waals surface area (Å²) in [6.07, 6.45) is 5.00. The molecule has 0 bridgehead atoms. The van der Waals surface area contributed by atoms with Crippen molar-refractivity contribution in [2.24, 2.45) is 5.73 Å². The molecule has 3 heteroatoms. The van der Waals surface area contributed by atoms with Gasteiger partial charge in [-0.1, -0.05) is 12.1 Å². The van der Waals surface area contributed by atoms with Gasteiger partial charge in [0.25, 0.3) is 0 Å². The van der Waals surface area contributed by atoms with Crippen molar-refractivity contribution in [1.29, 1.82) is 0 Å². The van der Waals surface area contributed by atoms with Crippen molar-refractivity contribution < 1.29 is 4.42 Å². The number of nitrogens with zero attached hydrogens (tertiary/aromatic N) is 1. The molecule has 1 aliphatic rings. The van der Waals surface area contributed by atoms with Gasteiger partial charge in [-0.2, -0.15) is 0 Å². The molecule has 1 aromatic heterocycles. The van der Waals surface area contributed by atoms with Crippen LogP contribution in [0.2, 0.25) is 0 Å². The zero-order chi connectivity index (χ0) is 12.5. The lowest BCUT2D eigenvalue weighted by Gasteiger charge is -2.16. The highest BCUT2D eigenvalue weighted by Crippen LogP contribution is 2.29. The average Bonchev–Trinajstić information content (AvgIpc) is 2.79. The van der Waals surface area contributed by atoms with Gasteiger partial charge in [-0.05, 0) is 49.8 Å². The lowest BCUT2D eigenvalue weighted by atomic mass is 9.90. The van der Waals surface area contributed by atoms with Crippen LogP contribution in [0, 0.1) is 6.92 Å². The van der Waals surface area contributed by atoms with Gasteiger partial charge < -0.3 is 10.2 Å². The summed E-state index contributed by atoms with van der Waals surface area (Å²) in [5.74, 6) is 1.46. The second kappa shape index (κ2) is 4.58. The van der Waals surface area contributed by atoms with E-state index in [1.165, 1.54) is 36.8 Å². The zero-order valence-corrected chi connectivity index (χ0v) is 10.7. The number of nitrogens with two attached hydrogens (primary N) is 1. The predicted octanol–water partition coefficient (Wildman–Crippen LogP) is 2.99. The van der Waals surface area contributed by atoms with E-state index in [4.69, 9.17) is 10.2 Å². The van der Waals surface area contributed by atoms with Gasteiger partial charge >= 0.3 is 0 Å². The molecule has 1 heterocycles. The summed E-state index contributed by atoms with van der Waals surface area (Å²) in [5.41, 5.74) is 10.6. The molecular formula is C15H18N2O.